The summed E-state index contributed by atoms with van der Waals surface area (Å²) >= 11 is 0. The van der Waals surface area contributed by atoms with Crippen molar-refractivity contribution in [1.82, 2.24) is 0 Å². The summed E-state index contributed by atoms with van der Waals surface area (Å²) in [5.41, 5.74) is 2.25. The maximum atomic E-state index is 12.0. The molecular weight excluding hydrogens is 282 g/mol. The lowest BCUT2D eigenvalue weighted by molar-refractivity contribution is -0.116. The molecule has 4 fully saturated rings. The monoisotopic (exact) mass is 309 g/mol. The van der Waals surface area contributed by atoms with E-state index in [2.05, 4.69) is 19.1 Å². The lowest BCUT2D eigenvalue weighted by Gasteiger charge is -2.55. The van der Waals surface area contributed by atoms with E-state index >= 15 is 0 Å². The predicted octanol–water partition coefficient (Wildman–Crippen LogP) is 4.66. The molecule has 0 radical (unpaired) electrons. The van der Waals surface area contributed by atoms with E-state index in [4.69, 9.17) is 0 Å². The van der Waals surface area contributed by atoms with Gasteiger partial charge >= 0.3 is 0 Å². The molecule has 0 aromatic rings. The second-order valence-corrected chi connectivity index (χ2v) is 9.43. The van der Waals surface area contributed by atoms with Crippen molar-refractivity contribution >= 4 is 5.78 Å². The third kappa shape index (κ3) is 1.77. The number of hydrogen-bond acceptors (Lipinski definition) is 2. The molecule has 0 saturated heterocycles. The molecule has 5 aliphatic rings. The van der Waals surface area contributed by atoms with Crippen molar-refractivity contribution in [2.75, 3.05) is 0 Å². The van der Waals surface area contributed by atoms with Gasteiger partial charge in [0.2, 0.25) is 0 Å². The van der Waals surface area contributed by atoms with Crippen molar-refractivity contribution in [3.63, 3.8) is 0 Å². The highest BCUT2D eigenvalue weighted by molar-refractivity contribution is 5.91. The van der Waals surface area contributed by atoms with Gasteiger partial charge in [0.1, 0.15) is 0 Å². The molecule has 2 heteroatoms. The van der Waals surface area contributed by atoms with Crippen molar-refractivity contribution < 1.29 is 4.79 Å². The summed E-state index contributed by atoms with van der Waals surface area (Å²) in [4.78, 5) is 12.0. The number of carbonyl (C=O) groups is 1. The average molecular weight is 309 g/mol. The summed E-state index contributed by atoms with van der Waals surface area (Å²) in [7, 11) is 0. The zero-order valence-electron chi connectivity index (χ0n) is 14.2. The molecule has 0 aliphatic heterocycles. The molecule has 0 aromatic heterocycles. The van der Waals surface area contributed by atoms with E-state index in [0.29, 0.717) is 17.1 Å². The van der Waals surface area contributed by atoms with Gasteiger partial charge in [-0.1, -0.05) is 12.5 Å². The Labute approximate surface area is 139 Å². The van der Waals surface area contributed by atoms with Gasteiger partial charge in [-0.3, -0.25) is 4.79 Å². The summed E-state index contributed by atoms with van der Waals surface area (Å²) in [6.07, 6.45) is 12.8. The molecule has 1 spiro atoms. The first-order chi connectivity index (χ1) is 11.1. The fraction of sp³-hybridized carbons (Fsp3) is 0.810. The minimum Gasteiger partial charge on any atom is -0.295 e. The second-order valence-electron chi connectivity index (χ2n) is 9.43. The van der Waals surface area contributed by atoms with E-state index in [1.165, 1.54) is 38.5 Å². The topological polar surface area (TPSA) is 40.9 Å². The first-order valence-electron chi connectivity index (χ1n) is 9.72. The minimum atomic E-state index is 0.275. The van der Waals surface area contributed by atoms with Gasteiger partial charge in [-0.2, -0.15) is 5.26 Å². The molecule has 0 aromatic carbocycles. The first-order valence-corrected chi connectivity index (χ1v) is 9.72. The van der Waals surface area contributed by atoms with Gasteiger partial charge in [0, 0.05) is 6.42 Å². The van der Waals surface area contributed by atoms with Crippen LogP contribution in [0.3, 0.4) is 0 Å². The molecule has 122 valence electrons. The van der Waals surface area contributed by atoms with E-state index in [1.54, 1.807) is 5.57 Å². The highest BCUT2D eigenvalue weighted by atomic mass is 16.1. The Balaban J connectivity index is 1.53. The summed E-state index contributed by atoms with van der Waals surface area (Å²) in [6.45, 7) is 2.42. The van der Waals surface area contributed by atoms with E-state index in [0.717, 1.165) is 37.0 Å². The van der Waals surface area contributed by atoms with Crippen LogP contribution < -0.4 is 0 Å². The Hall–Kier alpha value is -1.10. The van der Waals surface area contributed by atoms with Crippen molar-refractivity contribution in [3.8, 4) is 6.07 Å². The minimum absolute atomic E-state index is 0.275. The molecule has 0 heterocycles. The molecular formula is C21H27NO. The predicted molar refractivity (Wildman–Crippen MR) is 88.2 cm³/mol. The van der Waals surface area contributed by atoms with Crippen LogP contribution in [0.2, 0.25) is 0 Å². The van der Waals surface area contributed by atoms with Gasteiger partial charge < -0.3 is 0 Å². The van der Waals surface area contributed by atoms with Crippen LogP contribution in [0.5, 0.6) is 0 Å². The molecule has 4 unspecified atom stereocenters. The summed E-state index contributed by atoms with van der Waals surface area (Å²) in [5, 5.41) is 9.60. The summed E-state index contributed by atoms with van der Waals surface area (Å²) in [6, 6.07) is 2.64. The highest BCUT2D eigenvalue weighted by Gasteiger charge is 2.62. The number of hydrogen-bond donors (Lipinski definition) is 0. The SMILES string of the molecule is C[C@]12CCC3C4CCC(=O)C=C4C4(CC4)CC3C1CC[C@@H]2C#N. The van der Waals surface area contributed by atoms with Crippen molar-refractivity contribution in [2.24, 2.45) is 40.4 Å². The Morgan fingerprint density at radius 2 is 1.96 bits per heavy atom. The zero-order valence-corrected chi connectivity index (χ0v) is 14.2. The Kier molecular flexibility index (Phi) is 2.79. The largest absolute Gasteiger partial charge is 0.295 e. The molecule has 5 rings (SSSR count). The van der Waals surface area contributed by atoms with Crippen LogP contribution in [0.25, 0.3) is 0 Å². The van der Waals surface area contributed by atoms with Crippen LogP contribution >= 0.6 is 0 Å². The normalized spacial score (nSPS) is 49.7. The lowest BCUT2D eigenvalue weighted by atomic mass is 9.49. The average Bonchev–Trinajstić information content (AvgIpc) is 3.22. The number of allylic oxidation sites excluding steroid dienone is 1. The molecule has 2 nitrogen and oxygen atoms in total. The van der Waals surface area contributed by atoms with Crippen molar-refractivity contribution in [3.05, 3.63) is 11.6 Å². The summed E-state index contributed by atoms with van der Waals surface area (Å²) in [5.74, 6) is 3.75. The van der Waals surface area contributed by atoms with E-state index in [9.17, 15) is 10.1 Å². The van der Waals surface area contributed by atoms with E-state index in [1.807, 2.05) is 0 Å². The molecule has 4 saturated carbocycles. The van der Waals surface area contributed by atoms with Crippen LogP contribution in [0.15, 0.2) is 11.6 Å². The molecule has 0 amide bonds. The van der Waals surface area contributed by atoms with Crippen LogP contribution in [0.4, 0.5) is 0 Å². The van der Waals surface area contributed by atoms with E-state index < -0.39 is 0 Å². The third-order valence-electron chi connectivity index (χ3n) is 8.68. The van der Waals surface area contributed by atoms with Gasteiger partial charge in [0.25, 0.3) is 0 Å². The quantitative estimate of drug-likeness (QED) is 0.653. The number of rotatable bonds is 0. The fourth-order valence-electron chi connectivity index (χ4n) is 7.33. The second kappa shape index (κ2) is 4.50. The van der Waals surface area contributed by atoms with Crippen LogP contribution in [0.1, 0.15) is 64.7 Å². The Morgan fingerprint density at radius 1 is 1.13 bits per heavy atom. The van der Waals surface area contributed by atoms with Crippen molar-refractivity contribution in [2.45, 2.75) is 64.7 Å². The van der Waals surface area contributed by atoms with E-state index in [-0.39, 0.29) is 11.3 Å². The van der Waals surface area contributed by atoms with Gasteiger partial charge in [-0.05, 0) is 91.9 Å². The maximum absolute atomic E-state index is 12.0. The van der Waals surface area contributed by atoms with Crippen molar-refractivity contribution in [1.29, 1.82) is 5.26 Å². The fourth-order valence-corrected chi connectivity index (χ4v) is 7.33. The van der Waals surface area contributed by atoms with Gasteiger partial charge in [-0.25, -0.2) is 0 Å². The van der Waals surface area contributed by atoms with Crippen LogP contribution in [0, 0.1) is 51.8 Å². The first kappa shape index (κ1) is 14.3. The number of nitrogens with zero attached hydrogens (tertiary/aromatic N) is 1. The molecule has 0 N–H and O–H groups in total. The van der Waals surface area contributed by atoms with Crippen LogP contribution in [-0.2, 0) is 4.79 Å². The summed E-state index contributed by atoms with van der Waals surface area (Å²) < 4.78 is 0. The van der Waals surface area contributed by atoms with Gasteiger partial charge in [0.15, 0.2) is 5.78 Å². The number of carbonyl (C=O) groups excluding carboxylic acids is 1. The standard InChI is InChI=1S/C21H27NO/c1-20-7-6-15-16-4-3-14(23)10-19(16)21(8-9-21)11-17(15)18(20)5-2-13(20)12-22/h10,13,15-18H,2-9,11H2,1H3/t13-,15?,16?,17?,18?,20-/m1/s1. The number of fused-ring (bicyclic) bond motifs is 6. The maximum Gasteiger partial charge on any atom is 0.155 e. The molecule has 5 aliphatic carbocycles. The van der Waals surface area contributed by atoms with Gasteiger partial charge in [0.05, 0.1) is 12.0 Å². The molecule has 0 bridgehead atoms. The Bertz CT molecular complexity index is 637. The van der Waals surface area contributed by atoms with Gasteiger partial charge in [-0.15, -0.1) is 0 Å². The number of ketones is 1. The molecule has 6 atom stereocenters. The third-order valence-corrected chi connectivity index (χ3v) is 8.68. The van der Waals surface area contributed by atoms with Crippen LogP contribution in [-0.4, -0.2) is 5.78 Å². The highest BCUT2D eigenvalue weighted by Crippen LogP contribution is 2.71. The lowest BCUT2D eigenvalue weighted by Crippen LogP contribution is -2.48. The zero-order chi connectivity index (χ0) is 15.8. The smallest absolute Gasteiger partial charge is 0.155 e. The molecule has 23 heavy (non-hydrogen) atoms. The number of nitriles is 1. The Morgan fingerprint density at radius 3 is 2.70 bits per heavy atom.